The summed E-state index contributed by atoms with van der Waals surface area (Å²) in [7, 11) is 0. The Hall–Kier alpha value is -5.76. The number of hydrogen-bond acceptors (Lipinski definition) is 8. The van der Waals surface area contributed by atoms with Crippen molar-refractivity contribution in [2.75, 3.05) is 0 Å². The molecule has 0 aliphatic heterocycles. The Balaban J connectivity index is 1.56. The Morgan fingerprint density at radius 3 is 0.727 bits per heavy atom. The van der Waals surface area contributed by atoms with Crippen LogP contribution in [0.3, 0.4) is 0 Å². The molecule has 0 spiro atoms. The molecule has 4 aromatic heterocycles. The van der Waals surface area contributed by atoms with E-state index in [1.807, 2.05) is 77.3 Å². The SMILES string of the molecule is Cc1ncc(-c2cc(-c3cnc(C)nc3)c3ccc4c(-c5cnc(C)nc5)cc(-c5cnc(C)nc5)c5ccc2c3c54)cn1. The molecule has 0 saturated carbocycles. The first-order valence-electron chi connectivity index (χ1n) is 14.4. The predicted molar refractivity (Wildman–Crippen MR) is 173 cm³/mol. The van der Waals surface area contributed by atoms with E-state index in [1.54, 1.807) is 0 Å². The van der Waals surface area contributed by atoms with E-state index in [1.165, 1.54) is 0 Å². The highest BCUT2D eigenvalue weighted by molar-refractivity contribution is 6.31. The highest BCUT2D eigenvalue weighted by Gasteiger charge is 2.21. The fourth-order valence-corrected chi connectivity index (χ4v) is 6.08. The van der Waals surface area contributed by atoms with Gasteiger partial charge in [0.05, 0.1) is 0 Å². The van der Waals surface area contributed by atoms with E-state index in [0.29, 0.717) is 0 Å². The van der Waals surface area contributed by atoms with Crippen molar-refractivity contribution in [2.24, 2.45) is 0 Å². The summed E-state index contributed by atoms with van der Waals surface area (Å²) in [6.07, 6.45) is 15.2. The zero-order chi connectivity index (χ0) is 29.9. The van der Waals surface area contributed by atoms with Gasteiger partial charge in [0, 0.05) is 71.8 Å². The van der Waals surface area contributed by atoms with Crippen molar-refractivity contribution in [1.82, 2.24) is 39.9 Å². The zero-order valence-corrected chi connectivity index (χ0v) is 24.7. The van der Waals surface area contributed by atoms with E-state index in [4.69, 9.17) is 0 Å². The monoisotopic (exact) mass is 570 g/mol. The summed E-state index contributed by atoms with van der Waals surface area (Å²) in [5.41, 5.74) is 7.98. The average Bonchev–Trinajstić information content (AvgIpc) is 3.05. The predicted octanol–water partition coefficient (Wildman–Crippen LogP) is 7.65. The van der Waals surface area contributed by atoms with Crippen LogP contribution in [0.5, 0.6) is 0 Å². The molecule has 0 fully saturated rings. The van der Waals surface area contributed by atoms with E-state index in [2.05, 4.69) is 76.3 Å². The van der Waals surface area contributed by atoms with Gasteiger partial charge in [0.1, 0.15) is 23.3 Å². The summed E-state index contributed by atoms with van der Waals surface area (Å²) in [6, 6.07) is 13.3. The van der Waals surface area contributed by atoms with Crippen molar-refractivity contribution in [1.29, 1.82) is 0 Å². The first-order chi connectivity index (χ1) is 21.4. The molecule has 0 radical (unpaired) electrons. The van der Waals surface area contributed by atoms with Gasteiger partial charge in [0.15, 0.2) is 0 Å². The molecule has 8 aromatic rings. The van der Waals surface area contributed by atoms with Crippen molar-refractivity contribution in [3.63, 3.8) is 0 Å². The summed E-state index contributed by atoms with van der Waals surface area (Å²) in [6.45, 7) is 7.59. The molecule has 8 nitrogen and oxygen atoms in total. The molecule has 0 saturated heterocycles. The molecule has 8 heteroatoms. The maximum absolute atomic E-state index is 4.54. The molecule has 0 atom stereocenters. The maximum atomic E-state index is 4.54. The van der Waals surface area contributed by atoms with Crippen LogP contribution >= 0.6 is 0 Å². The van der Waals surface area contributed by atoms with Crippen molar-refractivity contribution in [3.8, 4) is 44.5 Å². The van der Waals surface area contributed by atoms with Gasteiger partial charge in [-0.2, -0.15) is 0 Å². The molecule has 4 heterocycles. The van der Waals surface area contributed by atoms with E-state index in [9.17, 15) is 0 Å². The Kier molecular flexibility index (Phi) is 5.84. The van der Waals surface area contributed by atoms with Crippen LogP contribution in [0.15, 0.2) is 86.0 Å². The highest BCUT2D eigenvalue weighted by atomic mass is 14.9. The molecule has 0 unspecified atom stereocenters. The topological polar surface area (TPSA) is 103 Å². The molecular weight excluding hydrogens is 544 g/mol. The lowest BCUT2D eigenvalue weighted by molar-refractivity contribution is 1.05. The number of aryl methyl sites for hydroxylation is 4. The van der Waals surface area contributed by atoms with Gasteiger partial charge in [-0.3, -0.25) is 0 Å². The van der Waals surface area contributed by atoms with Crippen molar-refractivity contribution >= 4 is 32.3 Å². The number of benzene rings is 4. The van der Waals surface area contributed by atoms with Gasteiger partial charge in [-0.1, -0.05) is 24.3 Å². The standard InChI is InChI=1S/C36H26N8/c1-19-37-11-23(12-38-19)31-9-32(24-13-39-20(2)40-14-24)28-7-8-30-34(26-17-43-22(4)44-18-26)10-33(25-15-41-21(3)42-16-25)29-6-5-27(31)35(28)36(29)30/h5-18H,1-4H3. The lowest BCUT2D eigenvalue weighted by Crippen LogP contribution is -1.97. The first kappa shape index (κ1) is 25.9. The molecule has 0 bridgehead atoms. The summed E-state index contributed by atoms with van der Waals surface area (Å²) in [5.74, 6) is 2.92. The second-order valence-electron chi connectivity index (χ2n) is 11.1. The van der Waals surface area contributed by atoms with E-state index < -0.39 is 0 Å². The number of rotatable bonds is 4. The van der Waals surface area contributed by atoms with Crippen molar-refractivity contribution < 1.29 is 0 Å². The fourth-order valence-electron chi connectivity index (χ4n) is 6.08. The van der Waals surface area contributed by atoms with Crippen LogP contribution in [-0.2, 0) is 0 Å². The van der Waals surface area contributed by atoms with Gasteiger partial charge in [-0.05, 0) is 94.4 Å². The molecule has 0 amide bonds. The maximum Gasteiger partial charge on any atom is 0.125 e. The average molecular weight is 571 g/mol. The van der Waals surface area contributed by atoms with Crippen LogP contribution in [0.4, 0.5) is 0 Å². The smallest absolute Gasteiger partial charge is 0.125 e. The summed E-state index contributed by atoms with van der Waals surface area (Å²) < 4.78 is 0. The van der Waals surface area contributed by atoms with Crippen molar-refractivity contribution in [3.05, 3.63) is 109 Å². The van der Waals surface area contributed by atoms with Crippen LogP contribution in [0.2, 0.25) is 0 Å². The summed E-state index contributed by atoms with van der Waals surface area (Å²) in [4.78, 5) is 36.3. The Labute approximate surface area is 253 Å². The summed E-state index contributed by atoms with van der Waals surface area (Å²) >= 11 is 0. The quantitative estimate of drug-likeness (QED) is 0.199. The Morgan fingerprint density at radius 1 is 0.318 bits per heavy atom. The van der Waals surface area contributed by atoms with Gasteiger partial charge >= 0.3 is 0 Å². The number of hydrogen-bond donors (Lipinski definition) is 0. The van der Waals surface area contributed by atoms with Crippen molar-refractivity contribution in [2.45, 2.75) is 27.7 Å². The Bertz CT molecular complexity index is 2000. The van der Waals surface area contributed by atoms with Gasteiger partial charge in [-0.15, -0.1) is 0 Å². The lowest BCUT2D eigenvalue weighted by atomic mass is 9.83. The van der Waals surface area contributed by atoms with Gasteiger partial charge in [0.25, 0.3) is 0 Å². The van der Waals surface area contributed by atoms with Gasteiger partial charge < -0.3 is 0 Å². The van der Waals surface area contributed by atoms with Crippen LogP contribution in [0.1, 0.15) is 23.3 Å². The van der Waals surface area contributed by atoms with E-state index >= 15 is 0 Å². The zero-order valence-electron chi connectivity index (χ0n) is 24.7. The molecule has 4 aromatic carbocycles. The third-order valence-electron chi connectivity index (χ3n) is 8.27. The third-order valence-corrected chi connectivity index (χ3v) is 8.27. The van der Waals surface area contributed by atoms with Crippen LogP contribution < -0.4 is 0 Å². The minimum atomic E-state index is 0.730. The van der Waals surface area contributed by atoms with Gasteiger partial charge in [-0.25, -0.2) is 39.9 Å². The van der Waals surface area contributed by atoms with E-state index in [-0.39, 0.29) is 0 Å². The minimum Gasteiger partial charge on any atom is -0.241 e. The highest BCUT2D eigenvalue weighted by Crippen LogP contribution is 2.48. The normalized spacial score (nSPS) is 11.6. The summed E-state index contributed by atoms with van der Waals surface area (Å²) in [5, 5.41) is 6.77. The molecule has 0 aliphatic carbocycles. The second-order valence-corrected chi connectivity index (χ2v) is 11.1. The molecule has 0 N–H and O–H groups in total. The van der Waals surface area contributed by atoms with Gasteiger partial charge in [0.2, 0.25) is 0 Å². The third kappa shape index (κ3) is 4.14. The van der Waals surface area contributed by atoms with Crippen LogP contribution in [-0.4, -0.2) is 39.9 Å². The lowest BCUT2D eigenvalue weighted by Gasteiger charge is -2.21. The fraction of sp³-hybridized carbons (Fsp3) is 0.111. The number of aromatic nitrogens is 8. The molecular formula is C36H26N8. The second kappa shape index (κ2) is 9.91. The largest absolute Gasteiger partial charge is 0.241 e. The molecule has 8 rings (SSSR count). The first-order valence-corrected chi connectivity index (χ1v) is 14.4. The van der Waals surface area contributed by atoms with E-state index in [0.717, 1.165) is 100 Å². The Morgan fingerprint density at radius 2 is 0.523 bits per heavy atom. The molecule has 44 heavy (non-hydrogen) atoms. The molecule has 0 aliphatic rings. The van der Waals surface area contributed by atoms with Crippen LogP contribution in [0, 0.1) is 27.7 Å². The number of nitrogens with zero attached hydrogens (tertiary/aromatic N) is 8. The van der Waals surface area contributed by atoms with Crippen LogP contribution in [0.25, 0.3) is 76.8 Å². The minimum absolute atomic E-state index is 0.730. The molecule has 210 valence electrons.